The third-order valence-electron chi connectivity index (χ3n) is 7.90. The highest BCUT2D eigenvalue weighted by molar-refractivity contribution is 9.11. The Balaban J connectivity index is 3.27. The Hall–Kier alpha value is -0.426. The Morgan fingerprint density at radius 1 is 0.528 bits per heavy atom. The van der Waals surface area contributed by atoms with E-state index in [-0.39, 0.29) is 0 Å². The molecule has 0 aromatic heterocycles. The van der Waals surface area contributed by atoms with E-state index >= 15 is 0 Å². The van der Waals surface area contributed by atoms with E-state index in [0.29, 0.717) is 0 Å². The van der Waals surface area contributed by atoms with E-state index in [4.69, 9.17) is 0 Å². The van der Waals surface area contributed by atoms with Gasteiger partial charge in [0.25, 0.3) is 0 Å². The van der Waals surface area contributed by atoms with Crippen LogP contribution >= 0.6 is 31.9 Å². The maximum atomic E-state index is 4.12. The third-order valence-corrected chi connectivity index (χ3v) is 19.2. The first-order valence-electron chi connectivity index (χ1n) is 14.2. The highest BCUT2D eigenvalue weighted by Crippen LogP contribution is 2.31. The molecule has 0 saturated heterocycles. The lowest BCUT2D eigenvalue weighted by Crippen LogP contribution is -2.49. The molecule has 0 fully saturated rings. The summed E-state index contributed by atoms with van der Waals surface area (Å²) in [4.78, 5) is 0. The van der Waals surface area contributed by atoms with Crippen LogP contribution in [0.5, 0.6) is 0 Å². The standard InChI is InChI=1S/C32H52Br2Si2/c1-7-11-15-19-23-35(5,24-20-16-12-8-2)31-27-30(34)32(28-29(31)33)36(6,25-21-17-13-9-3)26-22-18-14-10-4/h7-10,27-28H,1-4,11-26H2,5-6H3. The van der Waals surface area contributed by atoms with Gasteiger partial charge in [0.1, 0.15) is 0 Å². The molecule has 202 valence electrons. The van der Waals surface area contributed by atoms with E-state index in [1.165, 1.54) is 84.5 Å². The molecule has 36 heavy (non-hydrogen) atoms. The molecule has 0 amide bonds. The Morgan fingerprint density at radius 3 is 1.00 bits per heavy atom. The first-order chi connectivity index (χ1) is 17.3. The van der Waals surface area contributed by atoms with E-state index in [1.54, 1.807) is 10.4 Å². The van der Waals surface area contributed by atoms with Crippen molar-refractivity contribution in [1.29, 1.82) is 0 Å². The van der Waals surface area contributed by atoms with Gasteiger partial charge in [-0.2, -0.15) is 0 Å². The molecule has 4 heteroatoms. The molecule has 1 aromatic carbocycles. The summed E-state index contributed by atoms with van der Waals surface area (Å²) in [6.45, 7) is 21.0. The van der Waals surface area contributed by atoms with E-state index in [2.05, 4.69) is 108 Å². The average molecular weight is 653 g/mol. The van der Waals surface area contributed by atoms with Crippen molar-refractivity contribution in [2.45, 2.75) is 114 Å². The molecule has 0 unspecified atom stereocenters. The summed E-state index contributed by atoms with van der Waals surface area (Å²) in [7, 11) is -3.22. The summed E-state index contributed by atoms with van der Waals surface area (Å²) in [6, 6.07) is 10.5. The first kappa shape index (κ1) is 33.6. The predicted molar refractivity (Wildman–Crippen MR) is 180 cm³/mol. The van der Waals surface area contributed by atoms with E-state index < -0.39 is 16.1 Å². The number of rotatable bonds is 22. The molecular weight excluding hydrogens is 600 g/mol. The van der Waals surface area contributed by atoms with Crippen LogP contribution in [0.15, 0.2) is 71.7 Å². The molecule has 1 rings (SSSR count). The SMILES string of the molecule is C=CCCCC[Si](C)(CCCCC=C)c1cc(Br)c([Si](C)(CCCCC=C)CCCCC=C)cc1Br. The van der Waals surface area contributed by atoms with Gasteiger partial charge in [-0.25, -0.2) is 0 Å². The van der Waals surface area contributed by atoms with Crippen molar-refractivity contribution in [2.75, 3.05) is 0 Å². The van der Waals surface area contributed by atoms with Gasteiger partial charge in [-0.1, -0.05) is 145 Å². The van der Waals surface area contributed by atoms with Crippen LogP contribution in [-0.2, 0) is 0 Å². The largest absolute Gasteiger partial charge is 0.103 e. The maximum absolute atomic E-state index is 4.12. The topological polar surface area (TPSA) is 0 Å². The molecule has 1 aromatic rings. The van der Waals surface area contributed by atoms with Crippen LogP contribution in [0.1, 0.15) is 77.0 Å². The van der Waals surface area contributed by atoms with Gasteiger partial charge in [0.05, 0.1) is 16.1 Å². The summed E-state index contributed by atoms with van der Waals surface area (Å²) < 4.78 is 2.75. The summed E-state index contributed by atoms with van der Waals surface area (Å²) in [5.74, 6) is 0. The number of hydrogen-bond acceptors (Lipinski definition) is 0. The van der Waals surface area contributed by atoms with Gasteiger partial charge in [0.2, 0.25) is 0 Å². The van der Waals surface area contributed by atoms with Crippen molar-refractivity contribution in [3.63, 3.8) is 0 Å². The maximum Gasteiger partial charge on any atom is 0.0852 e. The lowest BCUT2D eigenvalue weighted by molar-refractivity contribution is 0.777. The van der Waals surface area contributed by atoms with Gasteiger partial charge >= 0.3 is 0 Å². The molecule has 0 radical (unpaired) electrons. The van der Waals surface area contributed by atoms with E-state index in [1.807, 2.05) is 0 Å². The van der Waals surface area contributed by atoms with Gasteiger partial charge in [0, 0.05) is 8.95 Å². The highest BCUT2D eigenvalue weighted by atomic mass is 79.9. The van der Waals surface area contributed by atoms with Crippen LogP contribution in [0.4, 0.5) is 0 Å². The molecule has 0 atom stereocenters. The number of halogens is 2. The van der Waals surface area contributed by atoms with Crippen molar-refractivity contribution in [3.8, 4) is 0 Å². The van der Waals surface area contributed by atoms with Gasteiger partial charge < -0.3 is 0 Å². The normalized spacial score (nSPS) is 11.9. The Kier molecular flexibility index (Phi) is 17.5. The number of benzene rings is 1. The van der Waals surface area contributed by atoms with Gasteiger partial charge in [0.15, 0.2) is 0 Å². The van der Waals surface area contributed by atoms with Crippen LogP contribution < -0.4 is 10.4 Å². The van der Waals surface area contributed by atoms with Crippen LogP contribution in [0.2, 0.25) is 37.3 Å². The third kappa shape index (κ3) is 11.5. The van der Waals surface area contributed by atoms with Crippen molar-refractivity contribution in [1.82, 2.24) is 0 Å². The summed E-state index contributed by atoms with van der Waals surface area (Å²) >= 11 is 8.24. The zero-order valence-electron chi connectivity index (χ0n) is 23.4. The number of unbranched alkanes of at least 4 members (excludes halogenated alkanes) is 8. The quantitative estimate of drug-likeness (QED) is 0.0664. The van der Waals surface area contributed by atoms with Gasteiger partial charge in [-0.05, 0) is 48.2 Å². The monoisotopic (exact) mass is 650 g/mol. The molecule has 0 N–H and O–H groups in total. The Morgan fingerprint density at radius 2 is 0.778 bits per heavy atom. The minimum absolute atomic E-state index is 1.13. The van der Waals surface area contributed by atoms with E-state index in [9.17, 15) is 0 Å². The number of hydrogen-bond donors (Lipinski definition) is 0. The molecule has 0 heterocycles. The van der Waals surface area contributed by atoms with Crippen LogP contribution in [0.25, 0.3) is 0 Å². The molecule has 0 saturated carbocycles. The molecule has 0 spiro atoms. The predicted octanol–water partition coefficient (Wildman–Crippen LogP) is 11.2. The molecule has 0 nitrogen and oxygen atoms in total. The van der Waals surface area contributed by atoms with Crippen molar-refractivity contribution < 1.29 is 0 Å². The molecule has 0 aliphatic rings. The van der Waals surface area contributed by atoms with Crippen molar-refractivity contribution in [2.24, 2.45) is 0 Å². The zero-order valence-corrected chi connectivity index (χ0v) is 28.5. The van der Waals surface area contributed by atoms with Crippen LogP contribution in [0, 0.1) is 0 Å². The van der Waals surface area contributed by atoms with E-state index in [0.717, 1.165) is 25.7 Å². The summed E-state index contributed by atoms with van der Waals surface area (Å²) in [5, 5.41) is 3.23. The molecule has 0 aliphatic heterocycles. The lowest BCUT2D eigenvalue weighted by Gasteiger charge is -2.34. The van der Waals surface area contributed by atoms with Gasteiger partial charge in [-0.15, -0.1) is 26.3 Å². The molecule has 0 bridgehead atoms. The minimum Gasteiger partial charge on any atom is -0.103 e. The summed E-state index contributed by atoms with van der Waals surface area (Å²) in [6.07, 6.45) is 23.1. The highest BCUT2D eigenvalue weighted by Gasteiger charge is 2.35. The number of allylic oxidation sites excluding steroid dienone is 4. The summed E-state index contributed by atoms with van der Waals surface area (Å²) in [5.41, 5.74) is 0. The Labute approximate surface area is 243 Å². The van der Waals surface area contributed by atoms with Crippen LogP contribution in [-0.4, -0.2) is 16.1 Å². The average Bonchev–Trinajstić information content (AvgIpc) is 2.86. The second-order valence-corrected chi connectivity index (χ2v) is 22.1. The smallest absolute Gasteiger partial charge is 0.0852 e. The second kappa shape index (κ2) is 18.8. The fraction of sp³-hybridized carbons (Fsp3) is 0.562. The van der Waals surface area contributed by atoms with Crippen LogP contribution in [0.3, 0.4) is 0 Å². The Bertz CT molecular complexity index is 715. The van der Waals surface area contributed by atoms with Crippen molar-refractivity contribution >= 4 is 58.4 Å². The molecular formula is C32H52Br2Si2. The minimum atomic E-state index is -1.61. The molecule has 0 aliphatic carbocycles. The first-order valence-corrected chi connectivity index (χ1v) is 21.6. The zero-order chi connectivity index (χ0) is 26.9. The fourth-order valence-corrected chi connectivity index (χ4v) is 17.4. The fourth-order valence-electron chi connectivity index (χ4n) is 5.48. The van der Waals surface area contributed by atoms with Gasteiger partial charge in [-0.3, -0.25) is 0 Å². The van der Waals surface area contributed by atoms with Crippen molar-refractivity contribution in [3.05, 3.63) is 71.7 Å². The lowest BCUT2D eigenvalue weighted by atomic mass is 10.2. The second-order valence-electron chi connectivity index (χ2n) is 11.1.